The predicted octanol–water partition coefficient (Wildman–Crippen LogP) is 4.17. The summed E-state index contributed by atoms with van der Waals surface area (Å²) in [5, 5.41) is 3.22. The summed E-state index contributed by atoms with van der Waals surface area (Å²) in [6.07, 6.45) is 0. The van der Waals surface area contributed by atoms with Crippen molar-refractivity contribution in [2.24, 2.45) is 5.73 Å². The van der Waals surface area contributed by atoms with Gasteiger partial charge in [-0.15, -0.1) is 0 Å². The SMILES string of the molecule is Cc1c(F)cc(C(N)=O)cc1NC(C)c1ccc(Br)cc1. The highest BCUT2D eigenvalue weighted by molar-refractivity contribution is 9.10. The van der Waals surface area contributed by atoms with E-state index in [0.29, 0.717) is 11.3 Å². The summed E-state index contributed by atoms with van der Waals surface area (Å²) in [7, 11) is 0. The number of benzene rings is 2. The van der Waals surface area contributed by atoms with Crippen LogP contribution in [0, 0.1) is 12.7 Å². The summed E-state index contributed by atoms with van der Waals surface area (Å²) < 4.78 is 14.8. The van der Waals surface area contributed by atoms with Crippen LogP contribution in [0.1, 0.15) is 34.5 Å². The van der Waals surface area contributed by atoms with Gasteiger partial charge in [0, 0.05) is 27.3 Å². The summed E-state index contributed by atoms with van der Waals surface area (Å²) in [6.45, 7) is 3.63. The molecule has 0 saturated carbocycles. The third kappa shape index (κ3) is 3.61. The third-order valence-electron chi connectivity index (χ3n) is 3.37. The van der Waals surface area contributed by atoms with Crippen molar-refractivity contribution in [2.75, 3.05) is 5.32 Å². The fraction of sp³-hybridized carbons (Fsp3) is 0.188. The first-order valence-electron chi connectivity index (χ1n) is 6.50. The topological polar surface area (TPSA) is 55.1 Å². The van der Waals surface area contributed by atoms with Crippen molar-refractivity contribution in [3.63, 3.8) is 0 Å². The van der Waals surface area contributed by atoms with Gasteiger partial charge in [0.1, 0.15) is 5.82 Å². The van der Waals surface area contributed by atoms with Crippen LogP contribution < -0.4 is 11.1 Å². The lowest BCUT2D eigenvalue weighted by molar-refractivity contribution is 0.1000. The number of nitrogens with two attached hydrogens (primary N) is 1. The van der Waals surface area contributed by atoms with Gasteiger partial charge in [-0.05, 0) is 43.7 Å². The van der Waals surface area contributed by atoms with Crippen molar-refractivity contribution < 1.29 is 9.18 Å². The van der Waals surface area contributed by atoms with E-state index in [-0.39, 0.29) is 11.6 Å². The molecular weight excluding hydrogens is 335 g/mol. The van der Waals surface area contributed by atoms with E-state index in [9.17, 15) is 9.18 Å². The van der Waals surface area contributed by atoms with Gasteiger partial charge in [-0.2, -0.15) is 0 Å². The van der Waals surface area contributed by atoms with E-state index in [1.165, 1.54) is 0 Å². The molecule has 1 amide bonds. The Morgan fingerprint density at radius 3 is 2.48 bits per heavy atom. The highest BCUT2D eigenvalue weighted by Gasteiger charge is 2.13. The molecule has 2 aromatic rings. The van der Waals surface area contributed by atoms with Crippen LogP contribution in [0.25, 0.3) is 0 Å². The number of carbonyl (C=O) groups excluding carboxylic acids is 1. The first-order chi connectivity index (χ1) is 9.88. The Balaban J connectivity index is 2.30. The smallest absolute Gasteiger partial charge is 0.248 e. The fourth-order valence-corrected chi connectivity index (χ4v) is 2.30. The molecule has 0 aliphatic rings. The van der Waals surface area contributed by atoms with E-state index in [4.69, 9.17) is 5.73 Å². The normalized spacial score (nSPS) is 12.0. The van der Waals surface area contributed by atoms with Crippen LogP contribution in [0.2, 0.25) is 0 Å². The molecule has 0 aliphatic carbocycles. The lowest BCUT2D eigenvalue weighted by Gasteiger charge is -2.18. The zero-order valence-electron chi connectivity index (χ0n) is 11.8. The standard InChI is InChI=1S/C16H16BrFN2O/c1-9-14(18)7-12(16(19)21)8-15(9)20-10(2)11-3-5-13(17)6-4-11/h3-8,10,20H,1-2H3,(H2,19,21). The van der Waals surface area contributed by atoms with Crippen molar-refractivity contribution in [1.82, 2.24) is 0 Å². The Morgan fingerprint density at radius 1 is 1.29 bits per heavy atom. The van der Waals surface area contributed by atoms with E-state index in [1.54, 1.807) is 13.0 Å². The number of halogens is 2. The van der Waals surface area contributed by atoms with Crippen molar-refractivity contribution in [3.8, 4) is 0 Å². The Labute approximate surface area is 131 Å². The van der Waals surface area contributed by atoms with Crippen LogP contribution in [-0.4, -0.2) is 5.91 Å². The second-order valence-electron chi connectivity index (χ2n) is 4.91. The third-order valence-corrected chi connectivity index (χ3v) is 3.90. The first-order valence-corrected chi connectivity index (χ1v) is 7.29. The molecule has 1 atom stereocenters. The van der Waals surface area contributed by atoms with Gasteiger partial charge in [0.2, 0.25) is 5.91 Å². The molecule has 0 aliphatic heterocycles. The number of hydrogen-bond acceptors (Lipinski definition) is 2. The molecule has 3 nitrogen and oxygen atoms in total. The number of hydrogen-bond donors (Lipinski definition) is 2. The lowest BCUT2D eigenvalue weighted by atomic mass is 10.1. The maximum Gasteiger partial charge on any atom is 0.248 e. The molecule has 110 valence electrons. The van der Waals surface area contributed by atoms with Gasteiger partial charge in [-0.1, -0.05) is 28.1 Å². The van der Waals surface area contributed by atoms with Crippen molar-refractivity contribution in [1.29, 1.82) is 0 Å². The zero-order chi connectivity index (χ0) is 15.6. The predicted molar refractivity (Wildman–Crippen MR) is 85.8 cm³/mol. The molecule has 0 saturated heterocycles. The van der Waals surface area contributed by atoms with Crippen LogP contribution in [0.15, 0.2) is 40.9 Å². The van der Waals surface area contributed by atoms with Gasteiger partial charge in [0.15, 0.2) is 0 Å². The molecule has 21 heavy (non-hydrogen) atoms. The molecule has 2 rings (SSSR count). The number of rotatable bonds is 4. The van der Waals surface area contributed by atoms with E-state index in [0.717, 1.165) is 16.1 Å². The van der Waals surface area contributed by atoms with Crippen LogP contribution in [0.5, 0.6) is 0 Å². The maximum absolute atomic E-state index is 13.9. The molecule has 2 aromatic carbocycles. The number of carbonyl (C=O) groups is 1. The monoisotopic (exact) mass is 350 g/mol. The fourth-order valence-electron chi connectivity index (χ4n) is 2.04. The second kappa shape index (κ2) is 6.26. The first kappa shape index (κ1) is 15.5. The average Bonchev–Trinajstić information content (AvgIpc) is 2.44. The lowest BCUT2D eigenvalue weighted by Crippen LogP contribution is -2.14. The Hall–Kier alpha value is -1.88. The van der Waals surface area contributed by atoms with Gasteiger partial charge in [0.05, 0.1) is 0 Å². The summed E-state index contributed by atoms with van der Waals surface area (Å²) in [5.74, 6) is -1.09. The summed E-state index contributed by atoms with van der Waals surface area (Å²) >= 11 is 3.39. The highest BCUT2D eigenvalue weighted by atomic mass is 79.9. The van der Waals surface area contributed by atoms with Crippen LogP contribution in [-0.2, 0) is 0 Å². The molecule has 0 bridgehead atoms. The van der Waals surface area contributed by atoms with Crippen LogP contribution in [0.4, 0.5) is 10.1 Å². The second-order valence-corrected chi connectivity index (χ2v) is 5.83. The molecular formula is C16H16BrFN2O. The molecule has 3 N–H and O–H groups in total. The van der Waals surface area contributed by atoms with Crippen LogP contribution in [0.3, 0.4) is 0 Å². The van der Waals surface area contributed by atoms with Gasteiger partial charge in [-0.25, -0.2) is 4.39 Å². The van der Waals surface area contributed by atoms with E-state index < -0.39 is 11.7 Å². The largest absolute Gasteiger partial charge is 0.378 e. The highest BCUT2D eigenvalue weighted by Crippen LogP contribution is 2.26. The molecule has 5 heteroatoms. The number of primary amides is 1. The van der Waals surface area contributed by atoms with Crippen molar-refractivity contribution >= 4 is 27.5 Å². The molecule has 0 fully saturated rings. The van der Waals surface area contributed by atoms with Gasteiger partial charge in [-0.3, -0.25) is 4.79 Å². The van der Waals surface area contributed by atoms with E-state index >= 15 is 0 Å². The van der Waals surface area contributed by atoms with E-state index in [1.807, 2.05) is 31.2 Å². The summed E-state index contributed by atoms with van der Waals surface area (Å²) in [5.41, 5.74) is 7.47. The quantitative estimate of drug-likeness (QED) is 0.869. The Morgan fingerprint density at radius 2 is 1.90 bits per heavy atom. The molecule has 0 radical (unpaired) electrons. The average molecular weight is 351 g/mol. The number of anilines is 1. The van der Waals surface area contributed by atoms with Gasteiger partial charge < -0.3 is 11.1 Å². The summed E-state index contributed by atoms with van der Waals surface area (Å²) in [6, 6.07) is 10.6. The molecule has 0 spiro atoms. The minimum Gasteiger partial charge on any atom is -0.378 e. The maximum atomic E-state index is 13.9. The van der Waals surface area contributed by atoms with Gasteiger partial charge in [0.25, 0.3) is 0 Å². The van der Waals surface area contributed by atoms with Crippen molar-refractivity contribution in [3.05, 3.63) is 63.4 Å². The molecule has 0 aromatic heterocycles. The number of amides is 1. The van der Waals surface area contributed by atoms with Crippen molar-refractivity contribution in [2.45, 2.75) is 19.9 Å². The molecule has 1 unspecified atom stereocenters. The minimum absolute atomic E-state index is 0.0284. The van der Waals surface area contributed by atoms with Crippen LogP contribution >= 0.6 is 15.9 Å². The van der Waals surface area contributed by atoms with E-state index in [2.05, 4.69) is 21.2 Å². The van der Waals surface area contributed by atoms with Gasteiger partial charge >= 0.3 is 0 Å². The minimum atomic E-state index is -0.645. The molecule has 0 heterocycles. The summed E-state index contributed by atoms with van der Waals surface area (Å²) in [4.78, 5) is 11.2. The Kier molecular flexibility index (Phi) is 4.63. The number of nitrogens with one attached hydrogen (secondary N) is 1. The Bertz CT molecular complexity index is 671. The zero-order valence-corrected chi connectivity index (χ0v) is 13.4.